The van der Waals surface area contributed by atoms with Gasteiger partial charge in [-0.1, -0.05) is 35.3 Å². The van der Waals surface area contributed by atoms with Gasteiger partial charge in [-0.15, -0.1) is 0 Å². The lowest BCUT2D eigenvalue weighted by molar-refractivity contribution is 0.813. The number of nitrogens with zero attached hydrogens (tertiary/aromatic N) is 1. The zero-order valence-corrected chi connectivity index (χ0v) is 10.9. The number of hydrogen-bond acceptors (Lipinski definition) is 2. The minimum atomic E-state index is 0.559. The average Bonchev–Trinajstić information content (AvgIpc) is 2.33. The van der Waals surface area contributed by atoms with Gasteiger partial charge >= 0.3 is 0 Å². The van der Waals surface area contributed by atoms with E-state index >= 15 is 0 Å². The Labute approximate surface area is 111 Å². The summed E-state index contributed by atoms with van der Waals surface area (Å²) in [7, 11) is 1.90. The molecule has 0 aliphatic carbocycles. The van der Waals surface area contributed by atoms with E-state index in [9.17, 15) is 0 Å². The molecule has 0 atom stereocenters. The number of halogens is 2. The molecule has 2 rings (SSSR count). The molecule has 0 spiro atoms. The van der Waals surface area contributed by atoms with E-state index in [4.69, 9.17) is 23.2 Å². The quantitative estimate of drug-likeness (QED) is 0.915. The second-order valence-electron chi connectivity index (χ2n) is 3.71. The Kier molecular flexibility index (Phi) is 4.00. The van der Waals surface area contributed by atoms with Crippen molar-refractivity contribution in [3.63, 3.8) is 0 Å². The monoisotopic (exact) mass is 266 g/mol. The third kappa shape index (κ3) is 2.78. The standard InChI is InChI=1S/C13H12Cl2N2/c1-16-6-9-5-10(8-17-7-9)11-3-2-4-12(14)13(11)15/h2-5,7-8,16H,6H2,1H3. The van der Waals surface area contributed by atoms with Crippen LogP contribution in [0, 0.1) is 0 Å². The largest absolute Gasteiger partial charge is 0.316 e. The minimum absolute atomic E-state index is 0.559. The fourth-order valence-electron chi connectivity index (χ4n) is 1.66. The maximum absolute atomic E-state index is 6.18. The molecule has 0 fully saturated rings. The molecule has 0 saturated heterocycles. The molecule has 0 unspecified atom stereocenters. The second-order valence-corrected chi connectivity index (χ2v) is 4.50. The molecular weight excluding hydrogens is 255 g/mol. The van der Waals surface area contributed by atoms with Crippen LogP contribution in [0.25, 0.3) is 11.1 Å². The van der Waals surface area contributed by atoms with Crippen molar-refractivity contribution < 1.29 is 0 Å². The molecule has 1 aromatic carbocycles. The van der Waals surface area contributed by atoms with Crippen LogP contribution >= 0.6 is 23.2 Å². The van der Waals surface area contributed by atoms with Gasteiger partial charge in [0.2, 0.25) is 0 Å². The van der Waals surface area contributed by atoms with E-state index in [0.717, 1.165) is 23.2 Å². The van der Waals surface area contributed by atoms with Crippen molar-refractivity contribution >= 4 is 23.2 Å². The molecule has 17 heavy (non-hydrogen) atoms. The van der Waals surface area contributed by atoms with Gasteiger partial charge in [-0.05, 0) is 24.7 Å². The molecule has 1 N–H and O–H groups in total. The van der Waals surface area contributed by atoms with Crippen molar-refractivity contribution in [2.24, 2.45) is 0 Å². The van der Waals surface area contributed by atoms with Crippen molar-refractivity contribution in [3.05, 3.63) is 52.3 Å². The van der Waals surface area contributed by atoms with Crippen molar-refractivity contribution in [2.75, 3.05) is 7.05 Å². The average molecular weight is 267 g/mol. The normalized spacial score (nSPS) is 10.5. The summed E-state index contributed by atoms with van der Waals surface area (Å²) in [5.74, 6) is 0. The molecule has 0 amide bonds. The van der Waals surface area contributed by atoms with Gasteiger partial charge in [-0.3, -0.25) is 4.98 Å². The van der Waals surface area contributed by atoms with Gasteiger partial charge in [-0.25, -0.2) is 0 Å². The highest BCUT2D eigenvalue weighted by Crippen LogP contribution is 2.33. The van der Waals surface area contributed by atoms with Crippen molar-refractivity contribution in [2.45, 2.75) is 6.54 Å². The summed E-state index contributed by atoms with van der Waals surface area (Å²) in [5.41, 5.74) is 3.00. The maximum atomic E-state index is 6.18. The molecule has 0 saturated carbocycles. The summed E-state index contributed by atoms with van der Waals surface area (Å²) in [6.07, 6.45) is 3.62. The minimum Gasteiger partial charge on any atom is -0.316 e. The fourth-order valence-corrected chi connectivity index (χ4v) is 2.07. The van der Waals surface area contributed by atoms with E-state index in [0.29, 0.717) is 10.0 Å². The number of pyridine rings is 1. The van der Waals surface area contributed by atoms with Gasteiger partial charge < -0.3 is 5.32 Å². The van der Waals surface area contributed by atoms with Crippen LogP contribution in [0.5, 0.6) is 0 Å². The third-order valence-corrected chi connectivity index (χ3v) is 3.26. The van der Waals surface area contributed by atoms with Gasteiger partial charge in [-0.2, -0.15) is 0 Å². The number of benzene rings is 1. The van der Waals surface area contributed by atoms with Crippen LogP contribution in [0.2, 0.25) is 10.0 Å². The van der Waals surface area contributed by atoms with E-state index in [1.54, 1.807) is 12.3 Å². The van der Waals surface area contributed by atoms with E-state index in [2.05, 4.69) is 16.4 Å². The summed E-state index contributed by atoms with van der Waals surface area (Å²) in [6, 6.07) is 7.65. The zero-order valence-electron chi connectivity index (χ0n) is 9.37. The summed E-state index contributed by atoms with van der Waals surface area (Å²) >= 11 is 12.2. The van der Waals surface area contributed by atoms with Crippen LogP contribution in [0.15, 0.2) is 36.7 Å². The molecule has 2 nitrogen and oxygen atoms in total. The molecule has 88 valence electrons. The van der Waals surface area contributed by atoms with Gasteiger partial charge in [0, 0.05) is 30.1 Å². The molecule has 0 aliphatic heterocycles. The smallest absolute Gasteiger partial charge is 0.0671 e. The number of nitrogens with one attached hydrogen (secondary N) is 1. The van der Waals surface area contributed by atoms with Gasteiger partial charge in [0.1, 0.15) is 0 Å². The van der Waals surface area contributed by atoms with Gasteiger partial charge in [0.15, 0.2) is 0 Å². The van der Waals surface area contributed by atoms with E-state index in [-0.39, 0.29) is 0 Å². The molecular formula is C13H12Cl2N2. The molecule has 1 aromatic heterocycles. The predicted octanol–water partition coefficient (Wildman–Crippen LogP) is 3.77. The Hall–Kier alpha value is -1.09. The fraction of sp³-hybridized carbons (Fsp3) is 0.154. The van der Waals surface area contributed by atoms with Crippen molar-refractivity contribution in [1.82, 2.24) is 10.3 Å². The van der Waals surface area contributed by atoms with Crippen LogP contribution in [-0.4, -0.2) is 12.0 Å². The summed E-state index contributed by atoms with van der Waals surface area (Å²) in [4.78, 5) is 4.21. The molecule has 2 aromatic rings. The van der Waals surface area contributed by atoms with Crippen LogP contribution in [-0.2, 0) is 6.54 Å². The second kappa shape index (κ2) is 5.50. The highest BCUT2D eigenvalue weighted by Gasteiger charge is 2.07. The Morgan fingerprint density at radius 3 is 2.82 bits per heavy atom. The van der Waals surface area contributed by atoms with Gasteiger partial charge in [0.05, 0.1) is 10.0 Å². The maximum Gasteiger partial charge on any atom is 0.0671 e. The first kappa shape index (κ1) is 12.4. The van der Waals surface area contributed by atoms with E-state index in [1.807, 2.05) is 25.4 Å². The van der Waals surface area contributed by atoms with Crippen LogP contribution < -0.4 is 5.32 Å². The molecule has 0 radical (unpaired) electrons. The first-order chi connectivity index (χ1) is 8.22. The molecule has 0 aliphatic rings. The summed E-state index contributed by atoms with van der Waals surface area (Å²) < 4.78 is 0. The summed E-state index contributed by atoms with van der Waals surface area (Å²) in [5, 5.41) is 4.22. The van der Waals surface area contributed by atoms with Crippen molar-refractivity contribution in [1.29, 1.82) is 0 Å². The SMILES string of the molecule is CNCc1cncc(-c2cccc(Cl)c2Cl)c1. The van der Waals surface area contributed by atoms with Crippen molar-refractivity contribution in [3.8, 4) is 11.1 Å². The van der Waals surface area contributed by atoms with E-state index < -0.39 is 0 Å². The lowest BCUT2D eigenvalue weighted by Crippen LogP contribution is -2.05. The summed E-state index contributed by atoms with van der Waals surface area (Å²) in [6.45, 7) is 0.777. The zero-order chi connectivity index (χ0) is 12.3. The number of aromatic nitrogens is 1. The Bertz CT molecular complexity index is 527. The Morgan fingerprint density at radius 2 is 2.06 bits per heavy atom. The van der Waals surface area contributed by atoms with Crippen LogP contribution in [0.1, 0.15) is 5.56 Å². The van der Waals surface area contributed by atoms with Gasteiger partial charge in [0.25, 0.3) is 0 Å². The lowest BCUT2D eigenvalue weighted by Gasteiger charge is -2.07. The molecule has 1 heterocycles. The molecule has 4 heteroatoms. The molecule has 0 bridgehead atoms. The van der Waals surface area contributed by atoms with Crippen LogP contribution in [0.3, 0.4) is 0 Å². The third-order valence-electron chi connectivity index (χ3n) is 2.44. The number of hydrogen-bond donors (Lipinski definition) is 1. The Morgan fingerprint density at radius 1 is 1.24 bits per heavy atom. The number of rotatable bonds is 3. The first-order valence-electron chi connectivity index (χ1n) is 5.25. The van der Waals surface area contributed by atoms with Crippen LogP contribution in [0.4, 0.5) is 0 Å². The lowest BCUT2D eigenvalue weighted by atomic mass is 10.1. The first-order valence-corrected chi connectivity index (χ1v) is 6.01. The predicted molar refractivity (Wildman–Crippen MR) is 72.5 cm³/mol. The topological polar surface area (TPSA) is 24.9 Å². The Balaban J connectivity index is 2.45. The highest BCUT2D eigenvalue weighted by molar-refractivity contribution is 6.43. The highest BCUT2D eigenvalue weighted by atomic mass is 35.5. The van der Waals surface area contributed by atoms with E-state index in [1.165, 1.54) is 0 Å².